The highest BCUT2D eigenvalue weighted by molar-refractivity contribution is 6.33. The number of anilines is 2. The maximum Gasteiger partial charge on any atom is 0.416 e. The zero-order valence-electron chi connectivity index (χ0n) is 16.5. The lowest BCUT2D eigenvalue weighted by atomic mass is 10.1. The smallest absolute Gasteiger partial charge is 0.416 e. The third-order valence-electron chi connectivity index (χ3n) is 4.68. The topological polar surface area (TPSA) is 67.9 Å². The van der Waals surface area contributed by atoms with E-state index in [1.54, 1.807) is 12.1 Å². The van der Waals surface area contributed by atoms with Crippen molar-refractivity contribution in [3.05, 3.63) is 58.6 Å². The summed E-state index contributed by atoms with van der Waals surface area (Å²) in [4.78, 5) is 26.7. The Bertz CT molecular complexity index is 962. The van der Waals surface area contributed by atoms with Gasteiger partial charge in [-0.15, -0.1) is 0 Å². The van der Waals surface area contributed by atoms with Crippen molar-refractivity contribution in [3.8, 4) is 0 Å². The van der Waals surface area contributed by atoms with Crippen LogP contribution in [0.5, 0.6) is 0 Å². The first-order chi connectivity index (χ1) is 14.7. The van der Waals surface area contributed by atoms with Gasteiger partial charge in [-0.1, -0.05) is 23.7 Å². The van der Waals surface area contributed by atoms with Crippen molar-refractivity contribution in [1.82, 2.24) is 0 Å². The number of carbonyl (C=O) groups is 2. The summed E-state index contributed by atoms with van der Waals surface area (Å²) in [5.41, 5.74) is -0.422. The van der Waals surface area contributed by atoms with E-state index in [9.17, 15) is 22.8 Å². The minimum Gasteiger partial charge on any atom is -0.449 e. The van der Waals surface area contributed by atoms with Crippen molar-refractivity contribution in [2.45, 2.75) is 19.2 Å². The molecule has 1 atom stereocenters. The molecule has 0 spiro atoms. The highest BCUT2D eigenvalue weighted by atomic mass is 35.5. The molecule has 0 aliphatic carbocycles. The summed E-state index contributed by atoms with van der Waals surface area (Å²) in [6.07, 6.45) is -5.85. The molecule has 1 amide bonds. The molecule has 1 unspecified atom stereocenters. The van der Waals surface area contributed by atoms with Crippen molar-refractivity contribution in [2.24, 2.45) is 0 Å². The first-order valence-corrected chi connectivity index (χ1v) is 9.85. The Labute approximate surface area is 181 Å². The molecule has 6 nitrogen and oxygen atoms in total. The maximum atomic E-state index is 13.2. The Morgan fingerprint density at radius 2 is 1.84 bits per heavy atom. The fourth-order valence-electron chi connectivity index (χ4n) is 3.03. The van der Waals surface area contributed by atoms with Gasteiger partial charge < -0.3 is 19.7 Å². The molecule has 0 bridgehead atoms. The number of halogens is 4. The number of alkyl halides is 3. The predicted molar refractivity (Wildman–Crippen MR) is 109 cm³/mol. The van der Waals surface area contributed by atoms with Gasteiger partial charge in [-0.05, 0) is 37.3 Å². The van der Waals surface area contributed by atoms with Gasteiger partial charge in [0.05, 0.1) is 40.7 Å². The fourth-order valence-corrected chi connectivity index (χ4v) is 3.24. The standard InChI is InChI=1S/C21H20ClF3N2O4/c1-13(31-20(29)15-4-2-3-5-16(15)22)19(28)26-17-12-14(21(23,24)25)6-7-18(17)27-8-10-30-11-9-27/h2-7,12-13H,8-11H2,1H3,(H,26,28). The number of esters is 1. The van der Waals surface area contributed by atoms with E-state index in [0.717, 1.165) is 12.1 Å². The summed E-state index contributed by atoms with van der Waals surface area (Å²) >= 11 is 5.96. The van der Waals surface area contributed by atoms with Crippen LogP contribution in [0.2, 0.25) is 5.02 Å². The van der Waals surface area contributed by atoms with Crippen LogP contribution in [0.1, 0.15) is 22.8 Å². The van der Waals surface area contributed by atoms with Crippen LogP contribution in [-0.2, 0) is 20.4 Å². The number of ether oxygens (including phenoxy) is 2. The number of amides is 1. The number of rotatable bonds is 5. The minimum absolute atomic E-state index is 0.0256. The number of morpholine rings is 1. The molecule has 1 heterocycles. The van der Waals surface area contributed by atoms with E-state index >= 15 is 0 Å². The molecule has 3 rings (SSSR count). The van der Waals surface area contributed by atoms with Gasteiger partial charge in [0.15, 0.2) is 6.10 Å². The van der Waals surface area contributed by atoms with E-state index in [2.05, 4.69) is 5.32 Å². The molecule has 0 radical (unpaired) electrons. The third kappa shape index (κ3) is 5.68. The Hall–Kier alpha value is -2.78. The van der Waals surface area contributed by atoms with Crippen LogP contribution >= 0.6 is 11.6 Å². The molecule has 10 heteroatoms. The highest BCUT2D eigenvalue weighted by Gasteiger charge is 2.32. The van der Waals surface area contributed by atoms with Crippen LogP contribution in [0.3, 0.4) is 0 Å². The van der Waals surface area contributed by atoms with Gasteiger partial charge in [0.25, 0.3) is 5.91 Å². The Kier molecular flexibility index (Phi) is 7.07. The monoisotopic (exact) mass is 456 g/mol. The molecule has 2 aromatic rings. The van der Waals surface area contributed by atoms with E-state index < -0.39 is 29.7 Å². The normalized spacial score (nSPS) is 15.3. The number of benzene rings is 2. The maximum absolute atomic E-state index is 13.2. The van der Waals surface area contributed by atoms with E-state index in [0.29, 0.717) is 32.0 Å². The molecule has 166 valence electrons. The van der Waals surface area contributed by atoms with Gasteiger partial charge >= 0.3 is 12.1 Å². The fraction of sp³-hybridized carbons (Fsp3) is 0.333. The Morgan fingerprint density at radius 3 is 2.48 bits per heavy atom. The molecule has 31 heavy (non-hydrogen) atoms. The second-order valence-corrected chi connectivity index (χ2v) is 7.25. The van der Waals surface area contributed by atoms with Crippen LogP contribution in [0, 0.1) is 0 Å². The second-order valence-electron chi connectivity index (χ2n) is 6.85. The number of hydrogen-bond acceptors (Lipinski definition) is 5. The van der Waals surface area contributed by atoms with Gasteiger partial charge in [0.1, 0.15) is 0 Å². The summed E-state index contributed by atoms with van der Waals surface area (Å²) in [7, 11) is 0. The summed E-state index contributed by atoms with van der Waals surface area (Å²) in [6.45, 7) is 3.09. The average molecular weight is 457 g/mol. The first-order valence-electron chi connectivity index (χ1n) is 9.47. The van der Waals surface area contributed by atoms with Crippen molar-refractivity contribution >= 4 is 34.9 Å². The third-order valence-corrected chi connectivity index (χ3v) is 5.01. The van der Waals surface area contributed by atoms with Crippen molar-refractivity contribution < 1.29 is 32.2 Å². The average Bonchev–Trinajstić information content (AvgIpc) is 2.73. The SMILES string of the molecule is CC(OC(=O)c1ccccc1Cl)C(=O)Nc1cc(C(F)(F)F)ccc1N1CCOCC1. The number of hydrogen-bond donors (Lipinski definition) is 1. The van der Waals surface area contributed by atoms with Crippen molar-refractivity contribution in [3.63, 3.8) is 0 Å². The predicted octanol–water partition coefficient (Wildman–Crippen LogP) is 4.38. The molecule has 2 aromatic carbocycles. The molecule has 1 fully saturated rings. The Balaban J connectivity index is 1.79. The lowest BCUT2D eigenvalue weighted by Gasteiger charge is -2.31. The van der Waals surface area contributed by atoms with Crippen LogP contribution in [0.4, 0.5) is 24.5 Å². The largest absolute Gasteiger partial charge is 0.449 e. The van der Waals surface area contributed by atoms with Crippen LogP contribution in [0.25, 0.3) is 0 Å². The molecular weight excluding hydrogens is 437 g/mol. The van der Waals surface area contributed by atoms with Crippen LogP contribution in [0.15, 0.2) is 42.5 Å². The molecule has 1 aliphatic heterocycles. The van der Waals surface area contributed by atoms with E-state index in [1.807, 2.05) is 4.90 Å². The zero-order chi connectivity index (χ0) is 22.6. The summed E-state index contributed by atoms with van der Waals surface area (Å²) in [5.74, 6) is -1.58. The van der Waals surface area contributed by atoms with Gasteiger partial charge in [-0.3, -0.25) is 4.79 Å². The van der Waals surface area contributed by atoms with Crippen LogP contribution in [-0.4, -0.2) is 44.3 Å². The van der Waals surface area contributed by atoms with Crippen molar-refractivity contribution in [2.75, 3.05) is 36.5 Å². The molecule has 1 aliphatic rings. The lowest BCUT2D eigenvalue weighted by molar-refractivity contribution is -0.137. The number of nitrogens with zero attached hydrogens (tertiary/aromatic N) is 1. The second kappa shape index (κ2) is 9.57. The van der Waals surface area contributed by atoms with Gasteiger partial charge in [0, 0.05) is 13.1 Å². The van der Waals surface area contributed by atoms with E-state index in [4.69, 9.17) is 21.1 Å². The summed E-state index contributed by atoms with van der Waals surface area (Å²) < 4.78 is 50.0. The first kappa shape index (κ1) is 22.9. The minimum atomic E-state index is -4.58. The summed E-state index contributed by atoms with van der Waals surface area (Å²) in [5, 5.41) is 2.62. The van der Waals surface area contributed by atoms with Gasteiger partial charge in [0.2, 0.25) is 0 Å². The molecule has 1 N–H and O–H groups in total. The number of carbonyl (C=O) groups excluding carboxylic acids is 2. The number of nitrogens with one attached hydrogen (secondary N) is 1. The lowest BCUT2D eigenvalue weighted by Crippen LogP contribution is -2.37. The quantitative estimate of drug-likeness (QED) is 0.676. The van der Waals surface area contributed by atoms with Crippen molar-refractivity contribution in [1.29, 1.82) is 0 Å². The van der Waals surface area contributed by atoms with Gasteiger partial charge in [-0.25, -0.2) is 4.79 Å². The van der Waals surface area contributed by atoms with E-state index in [-0.39, 0.29) is 16.3 Å². The van der Waals surface area contributed by atoms with E-state index in [1.165, 1.54) is 25.1 Å². The van der Waals surface area contributed by atoms with Crippen LogP contribution < -0.4 is 10.2 Å². The zero-order valence-corrected chi connectivity index (χ0v) is 17.3. The summed E-state index contributed by atoms with van der Waals surface area (Å²) in [6, 6.07) is 9.30. The molecule has 1 saturated heterocycles. The molecule has 0 aromatic heterocycles. The molecular formula is C21H20ClF3N2O4. The Morgan fingerprint density at radius 1 is 1.16 bits per heavy atom. The van der Waals surface area contributed by atoms with Gasteiger partial charge in [-0.2, -0.15) is 13.2 Å². The molecule has 0 saturated carbocycles. The highest BCUT2D eigenvalue weighted by Crippen LogP contribution is 2.36.